The fraction of sp³-hybridized carbons (Fsp3) is 0.909. The quantitative estimate of drug-likeness (QED) is 0.711. The van der Waals surface area contributed by atoms with Crippen molar-refractivity contribution in [2.24, 2.45) is 5.92 Å². The van der Waals surface area contributed by atoms with E-state index in [0.717, 1.165) is 32.5 Å². The Morgan fingerprint density at radius 2 is 2.13 bits per heavy atom. The zero-order valence-electron chi connectivity index (χ0n) is 9.61. The maximum absolute atomic E-state index is 11.5. The molecular formula is C11H21ClN2O. The fourth-order valence-corrected chi connectivity index (χ4v) is 2.72. The number of hydrogen-bond acceptors (Lipinski definition) is 3. The van der Waals surface area contributed by atoms with E-state index in [2.05, 4.69) is 23.9 Å². The van der Waals surface area contributed by atoms with E-state index in [1.54, 1.807) is 0 Å². The van der Waals surface area contributed by atoms with Gasteiger partial charge >= 0.3 is 0 Å². The molecule has 0 aromatic heterocycles. The molecule has 3 atom stereocenters. The second-order valence-corrected chi connectivity index (χ2v) is 4.90. The van der Waals surface area contributed by atoms with Gasteiger partial charge in [0.2, 0.25) is 0 Å². The molecule has 3 nitrogen and oxygen atoms in total. The van der Waals surface area contributed by atoms with Crippen LogP contribution in [0, 0.1) is 5.92 Å². The van der Waals surface area contributed by atoms with Crippen LogP contribution in [0.5, 0.6) is 0 Å². The third-order valence-corrected chi connectivity index (χ3v) is 3.50. The Balaban J connectivity index is 0.00000112. The lowest BCUT2D eigenvalue weighted by Crippen LogP contribution is -2.53. The number of carbonyl (C=O) groups excluding carboxylic acids is 1. The minimum Gasteiger partial charge on any atom is -0.308 e. The molecule has 0 spiro atoms. The van der Waals surface area contributed by atoms with Crippen molar-refractivity contribution in [3.63, 3.8) is 0 Å². The first kappa shape index (κ1) is 12.9. The zero-order valence-corrected chi connectivity index (χ0v) is 10.4. The zero-order chi connectivity index (χ0) is 10.1. The molecule has 2 aliphatic heterocycles. The first-order valence-electron chi connectivity index (χ1n) is 5.58. The molecule has 88 valence electrons. The van der Waals surface area contributed by atoms with Gasteiger partial charge in [0.15, 0.2) is 0 Å². The predicted molar refractivity (Wildman–Crippen MR) is 63.5 cm³/mol. The molecule has 0 saturated carbocycles. The van der Waals surface area contributed by atoms with Crippen LogP contribution in [0.15, 0.2) is 0 Å². The van der Waals surface area contributed by atoms with Gasteiger partial charge in [-0.15, -0.1) is 12.4 Å². The first-order chi connectivity index (χ1) is 6.66. The SMILES string of the molecule is CN(C)CC1CCC2CN1CCC2=O.Cl. The molecule has 0 N–H and O–H groups in total. The third-order valence-electron chi connectivity index (χ3n) is 3.50. The number of nitrogens with zero attached hydrogens (tertiary/aromatic N) is 2. The topological polar surface area (TPSA) is 23.6 Å². The van der Waals surface area contributed by atoms with Gasteiger partial charge in [0.1, 0.15) is 5.78 Å². The molecule has 2 fully saturated rings. The molecule has 0 aromatic rings. The van der Waals surface area contributed by atoms with E-state index in [0.29, 0.717) is 17.7 Å². The van der Waals surface area contributed by atoms with Gasteiger partial charge in [-0.05, 0) is 26.9 Å². The summed E-state index contributed by atoms with van der Waals surface area (Å²) in [5.41, 5.74) is 0. The summed E-state index contributed by atoms with van der Waals surface area (Å²) in [6.07, 6.45) is 3.11. The summed E-state index contributed by atoms with van der Waals surface area (Å²) in [7, 11) is 4.25. The molecule has 15 heavy (non-hydrogen) atoms. The summed E-state index contributed by atoms with van der Waals surface area (Å²) in [6.45, 7) is 3.16. The number of hydrogen-bond donors (Lipinski definition) is 0. The second-order valence-electron chi connectivity index (χ2n) is 4.90. The van der Waals surface area contributed by atoms with Crippen molar-refractivity contribution >= 4 is 18.2 Å². The molecule has 2 rings (SSSR count). The van der Waals surface area contributed by atoms with Gasteiger partial charge in [0.25, 0.3) is 0 Å². The van der Waals surface area contributed by atoms with E-state index < -0.39 is 0 Å². The van der Waals surface area contributed by atoms with Crippen LogP contribution in [-0.2, 0) is 4.79 Å². The van der Waals surface area contributed by atoms with Gasteiger partial charge in [0, 0.05) is 38.0 Å². The number of Topliss-reactive ketones (excluding diaryl/α,β-unsaturated/α-hetero) is 1. The van der Waals surface area contributed by atoms with Crippen LogP contribution >= 0.6 is 12.4 Å². The molecule has 0 aromatic carbocycles. The molecule has 3 unspecified atom stereocenters. The van der Waals surface area contributed by atoms with Gasteiger partial charge in [-0.1, -0.05) is 0 Å². The first-order valence-corrected chi connectivity index (χ1v) is 5.58. The lowest BCUT2D eigenvalue weighted by Gasteiger charge is -2.43. The molecule has 4 heteroatoms. The highest BCUT2D eigenvalue weighted by Crippen LogP contribution is 2.27. The van der Waals surface area contributed by atoms with Gasteiger partial charge in [-0.25, -0.2) is 0 Å². The Bertz CT molecular complexity index is 233. The Kier molecular flexibility index (Phi) is 4.56. The third kappa shape index (κ3) is 2.92. The lowest BCUT2D eigenvalue weighted by atomic mass is 9.84. The van der Waals surface area contributed by atoms with Crippen molar-refractivity contribution < 1.29 is 4.79 Å². The highest BCUT2D eigenvalue weighted by atomic mass is 35.5. The predicted octanol–water partition coefficient (Wildman–Crippen LogP) is 1.02. The highest BCUT2D eigenvalue weighted by molar-refractivity contribution is 5.85. The van der Waals surface area contributed by atoms with Gasteiger partial charge in [-0.2, -0.15) is 0 Å². The molecule has 0 amide bonds. The van der Waals surface area contributed by atoms with Crippen molar-refractivity contribution in [3.05, 3.63) is 0 Å². The van der Waals surface area contributed by atoms with Crippen molar-refractivity contribution in [3.8, 4) is 0 Å². The number of fused-ring (bicyclic) bond motifs is 2. The Morgan fingerprint density at radius 3 is 2.80 bits per heavy atom. The highest BCUT2D eigenvalue weighted by Gasteiger charge is 2.35. The van der Waals surface area contributed by atoms with Crippen LogP contribution in [0.2, 0.25) is 0 Å². The van der Waals surface area contributed by atoms with E-state index in [9.17, 15) is 4.79 Å². The Morgan fingerprint density at radius 1 is 1.40 bits per heavy atom. The van der Waals surface area contributed by atoms with E-state index in [4.69, 9.17) is 0 Å². The van der Waals surface area contributed by atoms with Crippen LogP contribution in [-0.4, -0.2) is 55.4 Å². The summed E-state index contributed by atoms with van der Waals surface area (Å²) in [5.74, 6) is 0.867. The van der Waals surface area contributed by atoms with Crippen LogP contribution in [0.3, 0.4) is 0 Å². The number of carbonyl (C=O) groups is 1. The average molecular weight is 233 g/mol. The molecular weight excluding hydrogens is 212 g/mol. The molecule has 2 saturated heterocycles. The fourth-order valence-electron chi connectivity index (χ4n) is 2.72. The summed E-state index contributed by atoms with van der Waals surface area (Å²) >= 11 is 0. The van der Waals surface area contributed by atoms with Crippen LogP contribution in [0.25, 0.3) is 0 Å². The lowest BCUT2D eigenvalue weighted by molar-refractivity contribution is -0.129. The van der Waals surface area contributed by atoms with Crippen LogP contribution < -0.4 is 0 Å². The van der Waals surface area contributed by atoms with E-state index in [-0.39, 0.29) is 12.4 Å². The number of ketones is 1. The van der Waals surface area contributed by atoms with Gasteiger partial charge in [-0.3, -0.25) is 9.69 Å². The van der Waals surface area contributed by atoms with Crippen molar-refractivity contribution in [2.75, 3.05) is 33.7 Å². The minimum atomic E-state index is 0. The van der Waals surface area contributed by atoms with Crippen molar-refractivity contribution in [1.82, 2.24) is 9.80 Å². The standard InChI is InChI=1S/C11H20N2O.ClH/c1-12(2)8-10-4-3-9-7-13(10)6-5-11(9)14;/h9-10H,3-8H2,1-2H3;1H. The smallest absolute Gasteiger partial charge is 0.138 e. The average Bonchev–Trinajstić information content (AvgIpc) is 2.14. The number of halogens is 1. The minimum absolute atomic E-state index is 0. The van der Waals surface area contributed by atoms with Crippen molar-refractivity contribution in [2.45, 2.75) is 25.3 Å². The molecule has 2 aliphatic rings. The summed E-state index contributed by atoms with van der Waals surface area (Å²) < 4.78 is 0. The normalized spacial score (nSPS) is 35.1. The van der Waals surface area contributed by atoms with E-state index in [1.807, 2.05) is 0 Å². The van der Waals surface area contributed by atoms with Gasteiger partial charge < -0.3 is 4.90 Å². The van der Waals surface area contributed by atoms with Gasteiger partial charge in [0.05, 0.1) is 0 Å². The Hall–Kier alpha value is -0.120. The van der Waals surface area contributed by atoms with Crippen LogP contribution in [0.1, 0.15) is 19.3 Å². The molecule has 0 radical (unpaired) electrons. The summed E-state index contributed by atoms with van der Waals surface area (Å²) in [4.78, 5) is 16.3. The second kappa shape index (κ2) is 5.28. The van der Waals surface area contributed by atoms with E-state index >= 15 is 0 Å². The van der Waals surface area contributed by atoms with E-state index in [1.165, 1.54) is 6.42 Å². The Labute approximate surface area is 98.2 Å². The number of likely N-dealkylation sites (N-methyl/N-ethyl adjacent to an activating group) is 1. The van der Waals surface area contributed by atoms with Crippen LogP contribution in [0.4, 0.5) is 0 Å². The molecule has 2 heterocycles. The number of piperidine rings is 2. The maximum atomic E-state index is 11.5. The largest absolute Gasteiger partial charge is 0.308 e. The number of rotatable bonds is 2. The maximum Gasteiger partial charge on any atom is 0.138 e. The van der Waals surface area contributed by atoms with Crippen molar-refractivity contribution in [1.29, 1.82) is 0 Å². The summed E-state index contributed by atoms with van der Waals surface area (Å²) in [6, 6.07) is 0.689. The summed E-state index contributed by atoms with van der Waals surface area (Å²) in [5, 5.41) is 0. The molecule has 2 bridgehead atoms. The molecule has 0 aliphatic carbocycles. The monoisotopic (exact) mass is 232 g/mol.